The minimum absolute atomic E-state index is 0.105. The molecule has 0 saturated carbocycles. The Bertz CT molecular complexity index is 161. The first-order valence-electron chi connectivity index (χ1n) is 3.80. The average Bonchev–Trinajstić information content (AvgIpc) is 1.97. The van der Waals surface area contributed by atoms with Crippen molar-refractivity contribution in [2.45, 2.75) is 32.6 Å². The van der Waals surface area contributed by atoms with E-state index in [9.17, 15) is 4.79 Å². The molecule has 0 aromatic heterocycles. The van der Waals surface area contributed by atoms with Gasteiger partial charge in [-0.1, -0.05) is 5.57 Å². The summed E-state index contributed by atoms with van der Waals surface area (Å²) >= 11 is 0. The maximum absolute atomic E-state index is 10.6. The van der Waals surface area contributed by atoms with Crippen LogP contribution in [0.5, 0.6) is 0 Å². The van der Waals surface area contributed by atoms with E-state index in [1.807, 2.05) is 6.92 Å². The smallest absolute Gasteiger partial charge is 0.245 e. The first-order chi connectivity index (χ1) is 5.16. The van der Waals surface area contributed by atoms with Crippen molar-refractivity contribution >= 4 is 12.6 Å². The topological polar surface area (TPSA) is 29.4 Å². The fourth-order valence-electron chi connectivity index (χ4n) is 0.782. The lowest BCUT2D eigenvalue weighted by Gasteiger charge is -1.96. The van der Waals surface area contributed by atoms with E-state index in [0.29, 0.717) is 6.42 Å². The lowest BCUT2D eigenvalue weighted by atomic mass is 10.1. The molecule has 62 valence electrons. The summed E-state index contributed by atoms with van der Waals surface area (Å²) < 4.78 is 0. The summed E-state index contributed by atoms with van der Waals surface area (Å²) in [7, 11) is 0. The molecule has 0 radical (unpaired) electrons. The van der Waals surface area contributed by atoms with Crippen LogP contribution in [0.3, 0.4) is 0 Å². The van der Waals surface area contributed by atoms with Crippen molar-refractivity contribution in [1.29, 1.82) is 0 Å². The number of rotatable bonds is 5. The summed E-state index contributed by atoms with van der Waals surface area (Å²) in [5.74, 6) is -0.105. The average molecular weight is 153 g/mol. The summed E-state index contributed by atoms with van der Waals surface area (Å²) in [4.78, 5) is 13.9. The van der Waals surface area contributed by atoms with Gasteiger partial charge in [-0.3, -0.25) is 4.79 Å². The van der Waals surface area contributed by atoms with Gasteiger partial charge in [0.2, 0.25) is 5.91 Å². The monoisotopic (exact) mass is 153 g/mol. The van der Waals surface area contributed by atoms with E-state index in [1.54, 1.807) is 0 Å². The molecule has 0 heterocycles. The molecule has 0 atom stereocenters. The highest BCUT2D eigenvalue weighted by Crippen LogP contribution is 2.06. The third kappa shape index (κ3) is 6.97. The zero-order valence-corrected chi connectivity index (χ0v) is 7.10. The van der Waals surface area contributed by atoms with Crippen LogP contribution in [0, 0.1) is 0 Å². The molecule has 0 aliphatic carbocycles. The predicted octanol–water partition coefficient (Wildman–Crippen LogP) is 2.35. The van der Waals surface area contributed by atoms with Crippen LogP contribution in [-0.2, 0) is 4.79 Å². The molecule has 0 bridgehead atoms. The van der Waals surface area contributed by atoms with Crippen molar-refractivity contribution in [2.75, 3.05) is 0 Å². The van der Waals surface area contributed by atoms with Crippen LogP contribution in [0.4, 0.5) is 0 Å². The molecule has 0 rings (SSSR count). The zero-order valence-electron chi connectivity index (χ0n) is 7.10. The van der Waals surface area contributed by atoms with E-state index in [2.05, 4.69) is 18.3 Å². The van der Waals surface area contributed by atoms with E-state index >= 15 is 0 Å². The van der Waals surface area contributed by atoms with Gasteiger partial charge in [-0.2, -0.15) is 0 Å². The van der Waals surface area contributed by atoms with Gasteiger partial charge in [-0.15, -0.1) is 6.58 Å². The van der Waals surface area contributed by atoms with Crippen molar-refractivity contribution in [3.05, 3.63) is 12.2 Å². The van der Waals surface area contributed by atoms with Crippen LogP contribution in [0.2, 0.25) is 0 Å². The molecule has 0 spiro atoms. The number of carbonyl (C=O) groups excluding carboxylic acids is 1. The lowest BCUT2D eigenvalue weighted by molar-refractivity contribution is -0.117. The highest BCUT2D eigenvalue weighted by Gasteiger charge is 1.96. The van der Waals surface area contributed by atoms with Crippen molar-refractivity contribution in [3.63, 3.8) is 0 Å². The third-order valence-electron chi connectivity index (χ3n) is 1.42. The van der Waals surface area contributed by atoms with Gasteiger partial charge < -0.3 is 0 Å². The first-order valence-corrected chi connectivity index (χ1v) is 3.80. The van der Waals surface area contributed by atoms with Crippen LogP contribution in [0.1, 0.15) is 32.6 Å². The van der Waals surface area contributed by atoms with Crippen molar-refractivity contribution in [3.8, 4) is 0 Å². The number of carbonyl (C=O) groups is 1. The minimum Gasteiger partial charge on any atom is -0.273 e. The van der Waals surface area contributed by atoms with Gasteiger partial charge in [-0.05, 0) is 32.9 Å². The second kappa shape index (κ2) is 5.83. The maximum Gasteiger partial charge on any atom is 0.245 e. The Morgan fingerprint density at radius 3 is 2.36 bits per heavy atom. The Balaban J connectivity index is 3.21. The molecular weight excluding hydrogens is 138 g/mol. The number of unbranched alkanes of at least 4 members (excludes halogenated alkanes) is 1. The number of allylic oxidation sites excluding steroid dienone is 1. The Labute approximate surface area is 68.0 Å². The highest BCUT2D eigenvalue weighted by atomic mass is 16.1. The quantitative estimate of drug-likeness (QED) is 0.338. The molecule has 0 saturated heterocycles. The Hall–Kier alpha value is -0.920. The predicted molar refractivity (Wildman–Crippen MR) is 47.8 cm³/mol. The normalized spacial score (nSPS) is 9.18. The summed E-state index contributed by atoms with van der Waals surface area (Å²) in [5.41, 5.74) is 1.17. The van der Waals surface area contributed by atoms with E-state index in [4.69, 9.17) is 0 Å². The van der Waals surface area contributed by atoms with Gasteiger partial charge >= 0.3 is 0 Å². The molecule has 0 aliphatic heterocycles. The molecule has 0 aromatic rings. The molecule has 0 aliphatic rings. The molecule has 1 amide bonds. The number of hydrogen-bond donors (Lipinski definition) is 0. The van der Waals surface area contributed by atoms with Crippen LogP contribution in [-0.4, -0.2) is 12.6 Å². The zero-order chi connectivity index (χ0) is 8.69. The lowest BCUT2D eigenvalue weighted by Crippen LogP contribution is -1.91. The maximum atomic E-state index is 10.6. The molecule has 0 unspecified atom stereocenters. The molecule has 11 heavy (non-hydrogen) atoms. The third-order valence-corrected chi connectivity index (χ3v) is 1.42. The van der Waals surface area contributed by atoms with Crippen LogP contribution >= 0.6 is 0 Å². The van der Waals surface area contributed by atoms with Crippen molar-refractivity contribution in [2.24, 2.45) is 4.99 Å². The van der Waals surface area contributed by atoms with E-state index in [-0.39, 0.29) is 5.91 Å². The molecule has 0 N–H and O–H groups in total. The van der Waals surface area contributed by atoms with Crippen molar-refractivity contribution in [1.82, 2.24) is 0 Å². The minimum atomic E-state index is -0.105. The fraction of sp³-hybridized carbons (Fsp3) is 0.556. The number of nitrogens with zero attached hydrogens (tertiary/aromatic N) is 1. The largest absolute Gasteiger partial charge is 0.273 e. The van der Waals surface area contributed by atoms with E-state index in [0.717, 1.165) is 19.3 Å². The summed E-state index contributed by atoms with van der Waals surface area (Å²) in [6, 6.07) is 0. The summed E-state index contributed by atoms with van der Waals surface area (Å²) in [6.45, 7) is 8.92. The highest BCUT2D eigenvalue weighted by molar-refractivity contribution is 5.80. The van der Waals surface area contributed by atoms with Gasteiger partial charge in [0.15, 0.2) is 0 Å². The standard InChI is InChI=1S/C9H15NO/c1-8(2)6-4-5-7-9(11)10-3/h1,3-7H2,2H3. The van der Waals surface area contributed by atoms with Gasteiger partial charge in [0.1, 0.15) is 0 Å². The van der Waals surface area contributed by atoms with Crippen molar-refractivity contribution < 1.29 is 4.79 Å². The van der Waals surface area contributed by atoms with Gasteiger partial charge in [0.05, 0.1) is 0 Å². The molecule has 2 nitrogen and oxygen atoms in total. The SMILES string of the molecule is C=NC(=O)CCCCC(=C)C. The van der Waals surface area contributed by atoms with Gasteiger partial charge in [0.25, 0.3) is 0 Å². The van der Waals surface area contributed by atoms with Gasteiger partial charge in [-0.25, -0.2) is 4.99 Å². The molecule has 0 fully saturated rings. The van der Waals surface area contributed by atoms with E-state index in [1.165, 1.54) is 5.57 Å². The Morgan fingerprint density at radius 2 is 1.91 bits per heavy atom. The van der Waals surface area contributed by atoms with Crippen LogP contribution in [0.15, 0.2) is 17.1 Å². The number of hydrogen-bond acceptors (Lipinski definition) is 1. The van der Waals surface area contributed by atoms with Crippen LogP contribution in [0.25, 0.3) is 0 Å². The Kier molecular flexibility index (Phi) is 5.35. The molecule has 0 aromatic carbocycles. The fourth-order valence-corrected chi connectivity index (χ4v) is 0.782. The second-order valence-electron chi connectivity index (χ2n) is 2.72. The molecule has 2 heteroatoms. The van der Waals surface area contributed by atoms with Gasteiger partial charge in [0, 0.05) is 6.42 Å². The second-order valence-corrected chi connectivity index (χ2v) is 2.72. The Morgan fingerprint density at radius 1 is 1.36 bits per heavy atom. The summed E-state index contributed by atoms with van der Waals surface area (Å²) in [5, 5.41) is 0. The van der Waals surface area contributed by atoms with Crippen LogP contribution < -0.4 is 0 Å². The van der Waals surface area contributed by atoms with E-state index < -0.39 is 0 Å². The summed E-state index contributed by atoms with van der Waals surface area (Å²) in [6.07, 6.45) is 3.45. The number of amides is 1. The number of aliphatic imine (C=N–C) groups is 1. The first kappa shape index (κ1) is 10.1. The molecular formula is C9H15NO.